The second-order valence-corrected chi connectivity index (χ2v) is 6.64. The van der Waals surface area contributed by atoms with Crippen molar-refractivity contribution in [2.24, 2.45) is 5.41 Å². The molecule has 0 fully saturated rings. The molecule has 0 aliphatic rings. The molecule has 0 saturated heterocycles. The third-order valence-corrected chi connectivity index (χ3v) is 4.04. The minimum absolute atomic E-state index is 0.357. The Balaban J connectivity index is 2.88. The molecule has 0 aliphatic heterocycles. The number of aryl methyl sites for hydroxylation is 2. The molecule has 0 bridgehead atoms. The highest BCUT2D eigenvalue weighted by molar-refractivity contribution is 5.34. The first-order chi connectivity index (χ1) is 8.88. The summed E-state index contributed by atoms with van der Waals surface area (Å²) in [6.07, 6.45) is 3.71. The van der Waals surface area contributed by atoms with Gasteiger partial charge in [-0.3, -0.25) is 0 Å². The number of rotatable bonds is 7. The molecule has 1 nitrogen and oxygen atoms in total. The standard InChI is InChI=1S/C18H31N/c1-7-11-18(6,13-19-14(2)3)12-17-15(4)9-8-10-16(17)5/h8-10,14,19H,7,11-13H2,1-6H3. The Kier molecular flexibility index (Phi) is 6.06. The lowest BCUT2D eigenvalue weighted by Crippen LogP contribution is -2.37. The third-order valence-electron chi connectivity index (χ3n) is 4.04. The summed E-state index contributed by atoms with van der Waals surface area (Å²) in [4.78, 5) is 0. The van der Waals surface area contributed by atoms with E-state index in [2.05, 4.69) is 65.1 Å². The van der Waals surface area contributed by atoms with E-state index in [9.17, 15) is 0 Å². The molecule has 0 aromatic heterocycles. The van der Waals surface area contributed by atoms with E-state index in [4.69, 9.17) is 0 Å². The lowest BCUT2D eigenvalue weighted by Gasteiger charge is -2.32. The molecule has 108 valence electrons. The van der Waals surface area contributed by atoms with Gasteiger partial charge < -0.3 is 5.32 Å². The molecule has 19 heavy (non-hydrogen) atoms. The van der Waals surface area contributed by atoms with E-state index in [1.54, 1.807) is 5.56 Å². The van der Waals surface area contributed by atoms with Crippen molar-refractivity contribution in [3.8, 4) is 0 Å². The first-order valence-corrected chi connectivity index (χ1v) is 7.66. The van der Waals surface area contributed by atoms with Gasteiger partial charge in [-0.1, -0.05) is 52.3 Å². The number of hydrogen-bond acceptors (Lipinski definition) is 1. The number of nitrogens with one attached hydrogen (secondary N) is 1. The van der Waals surface area contributed by atoms with Gasteiger partial charge in [-0.2, -0.15) is 0 Å². The molecule has 0 aliphatic carbocycles. The second kappa shape index (κ2) is 7.09. The minimum atomic E-state index is 0.357. The van der Waals surface area contributed by atoms with Crippen molar-refractivity contribution in [2.75, 3.05) is 6.54 Å². The van der Waals surface area contributed by atoms with E-state index >= 15 is 0 Å². The lowest BCUT2D eigenvalue weighted by atomic mass is 9.77. The maximum absolute atomic E-state index is 3.63. The Labute approximate surface area is 119 Å². The summed E-state index contributed by atoms with van der Waals surface area (Å²) in [6.45, 7) is 14.8. The summed E-state index contributed by atoms with van der Waals surface area (Å²) < 4.78 is 0. The predicted octanol–water partition coefficient (Wildman–Crippen LogP) is 4.65. The molecule has 1 heteroatoms. The maximum atomic E-state index is 3.63. The zero-order valence-electron chi connectivity index (χ0n) is 13.6. The fraction of sp³-hybridized carbons (Fsp3) is 0.667. The Morgan fingerprint density at radius 1 is 1.16 bits per heavy atom. The summed E-state index contributed by atoms with van der Waals surface area (Å²) in [5.41, 5.74) is 4.78. The zero-order chi connectivity index (χ0) is 14.5. The van der Waals surface area contributed by atoms with Crippen LogP contribution in [0.25, 0.3) is 0 Å². The van der Waals surface area contributed by atoms with Crippen LogP contribution in [0.3, 0.4) is 0 Å². The highest BCUT2D eigenvalue weighted by Crippen LogP contribution is 2.30. The van der Waals surface area contributed by atoms with Gasteiger partial charge >= 0.3 is 0 Å². The van der Waals surface area contributed by atoms with Crippen LogP contribution in [0.1, 0.15) is 57.2 Å². The van der Waals surface area contributed by atoms with Crippen molar-refractivity contribution < 1.29 is 0 Å². The van der Waals surface area contributed by atoms with Crippen LogP contribution in [0.5, 0.6) is 0 Å². The minimum Gasteiger partial charge on any atom is -0.314 e. The molecule has 1 aromatic carbocycles. The van der Waals surface area contributed by atoms with Crippen LogP contribution >= 0.6 is 0 Å². The quantitative estimate of drug-likeness (QED) is 0.753. The van der Waals surface area contributed by atoms with Crippen LogP contribution in [0.4, 0.5) is 0 Å². The van der Waals surface area contributed by atoms with Gasteiger partial charge in [-0.25, -0.2) is 0 Å². The van der Waals surface area contributed by atoms with Gasteiger partial charge in [-0.05, 0) is 48.8 Å². The summed E-state index contributed by atoms with van der Waals surface area (Å²) >= 11 is 0. The van der Waals surface area contributed by atoms with Crippen LogP contribution in [0.15, 0.2) is 18.2 Å². The molecule has 0 radical (unpaired) electrons. The summed E-state index contributed by atoms with van der Waals surface area (Å²) in [5, 5.41) is 3.63. The number of hydrogen-bond donors (Lipinski definition) is 1. The van der Waals surface area contributed by atoms with Crippen LogP contribution in [0, 0.1) is 19.3 Å². The summed E-state index contributed by atoms with van der Waals surface area (Å²) in [5.74, 6) is 0. The molecule has 1 unspecified atom stereocenters. The Bertz CT molecular complexity index is 374. The molecule has 1 aromatic rings. The lowest BCUT2D eigenvalue weighted by molar-refractivity contribution is 0.266. The van der Waals surface area contributed by atoms with E-state index in [-0.39, 0.29) is 0 Å². The molecule has 1 atom stereocenters. The van der Waals surface area contributed by atoms with Crippen LogP contribution in [0.2, 0.25) is 0 Å². The molecule has 0 heterocycles. The molecular weight excluding hydrogens is 230 g/mol. The highest BCUT2D eigenvalue weighted by Gasteiger charge is 2.25. The largest absolute Gasteiger partial charge is 0.314 e. The number of benzene rings is 1. The second-order valence-electron chi connectivity index (χ2n) is 6.64. The van der Waals surface area contributed by atoms with Gasteiger partial charge in [-0.15, -0.1) is 0 Å². The Morgan fingerprint density at radius 2 is 1.74 bits per heavy atom. The SMILES string of the molecule is CCCC(C)(CNC(C)C)Cc1c(C)cccc1C. The molecule has 0 amide bonds. The Morgan fingerprint density at radius 3 is 2.21 bits per heavy atom. The molecule has 1 rings (SSSR count). The fourth-order valence-electron chi connectivity index (χ4n) is 2.85. The van der Waals surface area contributed by atoms with Crippen LogP contribution in [-0.2, 0) is 6.42 Å². The fourth-order valence-corrected chi connectivity index (χ4v) is 2.85. The van der Waals surface area contributed by atoms with Crippen molar-refractivity contribution in [1.82, 2.24) is 5.32 Å². The first-order valence-electron chi connectivity index (χ1n) is 7.66. The van der Waals surface area contributed by atoms with E-state index in [1.165, 1.54) is 30.4 Å². The van der Waals surface area contributed by atoms with Crippen molar-refractivity contribution in [3.63, 3.8) is 0 Å². The van der Waals surface area contributed by atoms with Gasteiger partial charge in [0.1, 0.15) is 0 Å². The van der Waals surface area contributed by atoms with E-state index in [1.807, 2.05) is 0 Å². The van der Waals surface area contributed by atoms with Crippen molar-refractivity contribution >= 4 is 0 Å². The van der Waals surface area contributed by atoms with Crippen LogP contribution < -0.4 is 5.32 Å². The smallest absolute Gasteiger partial charge is 0.00107 e. The molecule has 1 N–H and O–H groups in total. The predicted molar refractivity (Wildman–Crippen MR) is 85.8 cm³/mol. The van der Waals surface area contributed by atoms with Crippen molar-refractivity contribution in [1.29, 1.82) is 0 Å². The summed E-state index contributed by atoms with van der Waals surface area (Å²) in [6, 6.07) is 7.21. The topological polar surface area (TPSA) is 12.0 Å². The molecular formula is C18H31N. The van der Waals surface area contributed by atoms with Crippen molar-refractivity contribution in [2.45, 2.75) is 66.8 Å². The average molecular weight is 261 g/mol. The zero-order valence-corrected chi connectivity index (χ0v) is 13.6. The molecule has 0 spiro atoms. The monoisotopic (exact) mass is 261 g/mol. The van der Waals surface area contributed by atoms with Gasteiger partial charge in [0.05, 0.1) is 0 Å². The third kappa shape index (κ3) is 4.99. The molecule has 0 saturated carbocycles. The maximum Gasteiger partial charge on any atom is 0.00107 e. The van der Waals surface area contributed by atoms with Crippen LogP contribution in [-0.4, -0.2) is 12.6 Å². The van der Waals surface area contributed by atoms with Gasteiger partial charge in [0.25, 0.3) is 0 Å². The Hall–Kier alpha value is -0.820. The first kappa shape index (κ1) is 16.2. The van der Waals surface area contributed by atoms with E-state index < -0.39 is 0 Å². The average Bonchev–Trinajstić information content (AvgIpc) is 2.32. The van der Waals surface area contributed by atoms with E-state index in [0.717, 1.165) is 6.54 Å². The highest BCUT2D eigenvalue weighted by atomic mass is 14.9. The van der Waals surface area contributed by atoms with Gasteiger partial charge in [0, 0.05) is 12.6 Å². The van der Waals surface area contributed by atoms with Gasteiger partial charge in [0.15, 0.2) is 0 Å². The van der Waals surface area contributed by atoms with Gasteiger partial charge in [0.2, 0.25) is 0 Å². The van der Waals surface area contributed by atoms with E-state index in [0.29, 0.717) is 11.5 Å². The van der Waals surface area contributed by atoms with Crippen molar-refractivity contribution in [3.05, 3.63) is 34.9 Å². The summed E-state index contributed by atoms with van der Waals surface area (Å²) in [7, 11) is 0. The normalized spacial score (nSPS) is 14.7.